The Morgan fingerprint density at radius 1 is 1.25 bits per heavy atom. The number of hydrogen-bond acceptors (Lipinski definition) is 4. The molecule has 0 spiro atoms. The molecule has 0 bridgehead atoms. The molecule has 20 heavy (non-hydrogen) atoms. The molecule has 112 valence electrons. The van der Waals surface area contributed by atoms with Crippen LogP contribution >= 0.6 is 0 Å². The largest absolute Gasteiger partial charge is 0.490 e. The van der Waals surface area contributed by atoms with Crippen molar-refractivity contribution in [2.24, 2.45) is 0 Å². The fourth-order valence-electron chi connectivity index (χ4n) is 1.85. The number of unbranched alkanes of at least 4 members (excludes halogenated alkanes) is 4. The second-order valence-corrected chi connectivity index (χ2v) is 4.62. The summed E-state index contributed by atoms with van der Waals surface area (Å²) in [5.41, 5.74) is 5.75. The average Bonchev–Trinajstić information content (AvgIpc) is 2.43. The average molecular weight is 283 g/mol. The van der Waals surface area contributed by atoms with Gasteiger partial charge in [0.1, 0.15) is 0 Å². The Labute approximate surface area is 119 Å². The van der Waals surface area contributed by atoms with Gasteiger partial charge in [-0.2, -0.15) is 0 Å². The second-order valence-electron chi connectivity index (χ2n) is 4.62. The molecule has 0 aliphatic rings. The van der Waals surface area contributed by atoms with Crippen molar-refractivity contribution in [1.29, 1.82) is 0 Å². The molecule has 0 atom stereocenters. The lowest BCUT2D eigenvalue weighted by Gasteiger charge is -2.10. The molecule has 4 nitrogen and oxygen atoms in total. The number of benzene rings is 1. The summed E-state index contributed by atoms with van der Waals surface area (Å²) in [4.78, 5) is 11.5. The minimum atomic E-state index is -0.602. The molecule has 0 amide bonds. The van der Waals surface area contributed by atoms with Gasteiger partial charge in [0, 0.05) is 11.8 Å². The molecule has 0 saturated heterocycles. The number of carbonyl (C=O) groups is 1. The van der Waals surface area contributed by atoms with Crippen LogP contribution in [-0.2, 0) is 4.74 Å². The number of anilines is 1. The van der Waals surface area contributed by atoms with E-state index in [9.17, 15) is 9.18 Å². The van der Waals surface area contributed by atoms with E-state index in [0.29, 0.717) is 6.61 Å². The van der Waals surface area contributed by atoms with Gasteiger partial charge in [0.2, 0.25) is 0 Å². The van der Waals surface area contributed by atoms with E-state index in [-0.39, 0.29) is 17.0 Å². The molecule has 0 heterocycles. The summed E-state index contributed by atoms with van der Waals surface area (Å²) >= 11 is 0. The number of halogens is 1. The summed E-state index contributed by atoms with van der Waals surface area (Å²) < 4.78 is 23.6. The zero-order valence-corrected chi connectivity index (χ0v) is 12.1. The van der Waals surface area contributed by atoms with Crippen molar-refractivity contribution < 1.29 is 18.7 Å². The SMILES string of the molecule is CCCCCCCOc1cc(C(=O)OC)c(N)cc1F. The topological polar surface area (TPSA) is 61.5 Å². The molecule has 0 fully saturated rings. The van der Waals surface area contributed by atoms with E-state index in [1.807, 2.05) is 0 Å². The predicted octanol–water partition coefficient (Wildman–Crippen LogP) is 3.54. The van der Waals surface area contributed by atoms with Crippen LogP contribution < -0.4 is 10.5 Å². The van der Waals surface area contributed by atoms with Crippen molar-refractivity contribution in [3.05, 3.63) is 23.5 Å². The van der Waals surface area contributed by atoms with Gasteiger partial charge in [0.05, 0.1) is 19.3 Å². The van der Waals surface area contributed by atoms with E-state index in [0.717, 1.165) is 25.3 Å². The van der Waals surface area contributed by atoms with E-state index in [1.54, 1.807) is 0 Å². The number of rotatable bonds is 8. The highest BCUT2D eigenvalue weighted by Gasteiger charge is 2.15. The lowest BCUT2D eigenvalue weighted by molar-refractivity contribution is 0.0601. The van der Waals surface area contributed by atoms with Crippen molar-refractivity contribution in [3.63, 3.8) is 0 Å². The predicted molar refractivity (Wildman–Crippen MR) is 76.4 cm³/mol. The van der Waals surface area contributed by atoms with Crippen LogP contribution in [0.2, 0.25) is 0 Å². The normalized spacial score (nSPS) is 10.3. The van der Waals surface area contributed by atoms with Gasteiger partial charge in [-0.1, -0.05) is 32.6 Å². The Hall–Kier alpha value is -1.78. The Balaban J connectivity index is 2.59. The zero-order chi connectivity index (χ0) is 15.0. The van der Waals surface area contributed by atoms with Crippen LogP contribution in [0.1, 0.15) is 49.4 Å². The van der Waals surface area contributed by atoms with Gasteiger partial charge in [-0.3, -0.25) is 0 Å². The van der Waals surface area contributed by atoms with Crippen molar-refractivity contribution >= 4 is 11.7 Å². The van der Waals surface area contributed by atoms with Crippen LogP contribution in [-0.4, -0.2) is 19.7 Å². The van der Waals surface area contributed by atoms with Gasteiger partial charge in [0.15, 0.2) is 11.6 Å². The van der Waals surface area contributed by atoms with Crippen molar-refractivity contribution in [2.75, 3.05) is 19.5 Å². The third-order valence-electron chi connectivity index (χ3n) is 3.01. The molecule has 0 saturated carbocycles. The van der Waals surface area contributed by atoms with Gasteiger partial charge in [-0.25, -0.2) is 9.18 Å². The Bertz CT molecular complexity index is 449. The highest BCUT2D eigenvalue weighted by atomic mass is 19.1. The lowest BCUT2D eigenvalue weighted by Crippen LogP contribution is -2.08. The van der Waals surface area contributed by atoms with Gasteiger partial charge >= 0.3 is 5.97 Å². The molecule has 1 aromatic rings. The monoisotopic (exact) mass is 283 g/mol. The quantitative estimate of drug-likeness (QED) is 0.450. The van der Waals surface area contributed by atoms with Crippen LogP contribution in [0.25, 0.3) is 0 Å². The molecule has 0 radical (unpaired) electrons. The first kappa shape index (κ1) is 16.3. The van der Waals surface area contributed by atoms with E-state index in [2.05, 4.69) is 11.7 Å². The summed E-state index contributed by atoms with van der Waals surface area (Å²) in [5, 5.41) is 0. The fourth-order valence-corrected chi connectivity index (χ4v) is 1.85. The summed E-state index contributed by atoms with van der Waals surface area (Å²) in [6.07, 6.45) is 5.43. The molecule has 0 unspecified atom stereocenters. The second kappa shape index (κ2) is 8.40. The number of hydrogen-bond donors (Lipinski definition) is 1. The Kier molecular flexibility index (Phi) is 6.84. The first-order chi connectivity index (χ1) is 9.60. The number of esters is 1. The maximum atomic E-state index is 13.7. The van der Waals surface area contributed by atoms with Crippen molar-refractivity contribution in [1.82, 2.24) is 0 Å². The van der Waals surface area contributed by atoms with Gasteiger partial charge in [-0.15, -0.1) is 0 Å². The van der Waals surface area contributed by atoms with E-state index in [4.69, 9.17) is 10.5 Å². The molecule has 1 aromatic carbocycles. The molecule has 0 aliphatic heterocycles. The Morgan fingerprint density at radius 3 is 2.60 bits per heavy atom. The van der Waals surface area contributed by atoms with Crippen LogP contribution in [0.15, 0.2) is 12.1 Å². The summed E-state index contributed by atoms with van der Waals surface area (Å²) in [5.74, 6) is -1.13. The molecule has 1 rings (SSSR count). The summed E-state index contributed by atoms with van der Waals surface area (Å²) in [7, 11) is 1.25. The lowest BCUT2D eigenvalue weighted by atomic mass is 10.1. The maximum absolute atomic E-state index is 13.7. The molecular formula is C15H22FNO3. The van der Waals surface area contributed by atoms with E-state index >= 15 is 0 Å². The number of carbonyl (C=O) groups excluding carboxylic acids is 1. The zero-order valence-electron chi connectivity index (χ0n) is 12.1. The van der Waals surface area contributed by atoms with Crippen LogP contribution in [0.3, 0.4) is 0 Å². The highest BCUT2D eigenvalue weighted by Crippen LogP contribution is 2.25. The third-order valence-corrected chi connectivity index (χ3v) is 3.01. The number of nitrogens with two attached hydrogens (primary N) is 1. The molecule has 5 heteroatoms. The summed E-state index contributed by atoms with van der Waals surface area (Å²) in [6.45, 7) is 2.57. The molecule has 2 N–H and O–H groups in total. The first-order valence-corrected chi connectivity index (χ1v) is 6.90. The number of ether oxygens (including phenoxy) is 2. The van der Waals surface area contributed by atoms with Crippen LogP contribution in [0.5, 0.6) is 5.75 Å². The summed E-state index contributed by atoms with van der Waals surface area (Å²) in [6, 6.07) is 2.38. The number of methoxy groups -OCH3 is 1. The molecule has 0 aromatic heterocycles. The minimum Gasteiger partial charge on any atom is -0.490 e. The van der Waals surface area contributed by atoms with Crippen LogP contribution in [0, 0.1) is 5.82 Å². The fraction of sp³-hybridized carbons (Fsp3) is 0.533. The standard InChI is InChI=1S/C15H22FNO3/c1-3-4-5-6-7-8-20-14-9-11(15(18)19-2)13(17)10-12(14)16/h9-10H,3-8,17H2,1-2H3. The molecular weight excluding hydrogens is 261 g/mol. The Morgan fingerprint density at radius 2 is 1.95 bits per heavy atom. The maximum Gasteiger partial charge on any atom is 0.340 e. The van der Waals surface area contributed by atoms with Gasteiger partial charge in [-0.05, 0) is 12.5 Å². The highest BCUT2D eigenvalue weighted by molar-refractivity contribution is 5.95. The first-order valence-electron chi connectivity index (χ1n) is 6.90. The minimum absolute atomic E-state index is 0.0371. The van der Waals surface area contributed by atoms with Gasteiger partial charge in [0.25, 0.3) is 0 Å². The van der Waals surface area contributed by atoms with Crippen LogP contribution in [0.4, 0.5) is 10.1 Å². The van der Waals surface area contributed by atoms with E-state index in [1.165, 1.54) is 26.0 Å². The smallest absolute Gasteiger partial charge is 0.340 e. The van der Waals surface area contributed by atoms with Crippen molar-refractivity contribution in [3.8, 4) is 5.75 Å². The van der Waals surface area contributed by atoms with E-state index < -0.39 is 11.8 Å². The van der Waals surface area contributed by atoms with Crippen molar-refractivity contribution in [2.45, 2.75) is 39.0 Å². The van der Waals surface area contributed by atoms with Gasteiger partial charge < -0.3 is 15.2 Å². The number of nitrogen functional groups attached to an aromatic ring is 1. The third kappa shape index (κ3) is 4.72. The molecule has 0 aliphatic carbocycles.